The van der Waals surface area contributed by atoms with Crippen LogP contribution in [-0.4, -0.2) is 18.5 Å². The van der Waals surface area contributed by atoms with Crippen molar-refractivity contribution < 1.29 is 13.5 Å². The molecule has 1 aromatic heterocycles. The molecule has 2 aromatic rings. The first-order valence-corrected chi connectivity index (χ1v) is 7.21. The largest absolute Gasteiger partial charge is 0.392 e. The minimum absolute atomic E-state index is 0.0322. The predicted molar refractivity (Wildman–Crippen MR) is 72.4 cm³/mol. The molecule has 0 amide bonds. The molecule has 2 rings (SSSR count). The van der Waals surface area contributed by atoms with Crippen LogP contribution in [0.25, 0.3) is 0 Å². The van der Waals surface area contributed by atoms with E-state index in [4.69, 9.17) is 16.7 Å². The molecule has 1 heterocycles. The van der Waals surface area contributed by atoms with Crippen molar-refractivity contribution in [3.05, 3.63) is 53.3 Å². The first kappa shape index (κ1) is 13.8. The van der Waals surface area contributed by atoms with E-state index in [1.165, 1.54) is 24.4 Å². The number of aliphatic hydroxyl groups excluding tert-OH is 1. The molecular formula is C12H11ClN2O3S. The molecule has 2 N–H and O–H groups in total. The van der Waals surface area contributed by atoms with E-state index in [2.05, 4.69) is 9.71 Å². The molecule has 0 atom stereocenters. The third-order valence-corrected chi connectivity index (χ3v) is 4.16. The molecule has 0 unspecified atom stereocenters. The van der Waals surface area contributed by atoms with Gasteiger partial charge in [-0.3, -0.25) is 9.71 Å². The van der Waals surface area contributed by atoms with Crippen molar-refractivity contribution in [3.63, 3.8) is 0 Å². The Morgan fingerprint density at radius 1 is 1.32 bits per heavy atom. The molecule has 7 heteroatoms. The zero-order chi connectivity index (χ0) is 13.9. The van der Waals surface area contributed by atoms with Crippen LogP contribution in [0.2, 0.25) is 5.02 Å². The van der Waals surface area contributed by atoms with Gasteiger partial charge in [-0.2, -0.15) is 0 Å². The van der Waals surface area contributed by atoms with Crippen LogP contribution in [0.15, 0.2) is 47.6 Å². The van der Waals surface area contributed by atoms with Crippen molar-refractivity contribution in [1.29, 1.82) is 0 Å². The van der Waals surface area contributed by atoms with Gasteiger partial charge >= 0.3 is 0 Å². The number of anilines is 1. The van der Waals surface area contributed by atoms with Gasteiger partial charge in [0.05, 0.1) is 23.4 Å². The van der Waals surface area contributed by atoms with E-state index in [1.54, 1.807) is 18.3 Å². The van der Waals surface area contributed by atoms with Gasteiger partial charge in [-0.15, -0.1) is 0 Å². The van der Waals surface area contributed by atoms with Crippen LogP contribution in [0.5, 0.6) is 0 Å². The Bertz CT molecular complexity index is 675. The highest BCUT2D eigenvalue weighted by Crippen LogP contribution is 2.22. The van der Waals surface area contributed by atoms with Crippen molar-refractivity contribution in [2.75, 3.05) is 4.72 Å². The molecule has 5 nitrogen and oxygen atoms in total. The summed E-state index contributed by atoms with van der Waals surface area (Å²) >= 11 is 5.82. The number of aromatic nitrogens is 1. The first-order valence-electron chi connectivity index (χ1n) is 5.35. The van der Waals surface area contributed by atoms with Gasteiger partial charge in [0.25, 0.3) is 10.0 Å². The van der Waals surface area contributed by atoms with E-state index in [1.807, 2.05) is 0 Å². The van der Waals surface area contributed by atoms with E-state index in [-0.39, 0.29) is 11.5 Å². The quantitative estimate of drug-likeness (QED) is 0.905. The van der Waals surface area contributed by atoms with Gasteiger partial charge in [-0.25, -0.2) is 8.42 Å². The monoisotopic (exact) mass is 298 g/mol. The van der Waals surface area contributed by atoms with E-state index in [9.17, 15) is 8.42 Å². The summed E-state index contributed by atoms with van der Waals surface area (Å²) in [6.07, 6.45) is 2.95. The van der Waals surface area contributed by atoms with Crippen LogP contribution >= 0.6 is 11.6 Å². The number of benzene rings is 1. The van der Waals surface area contributed by atoms with E-state index >= 15 is 0 Å². The number of nitrogens with zero attached hydrogens (tertiary/aromatic N) is 1. The molecule has 0 spiro atoms. The molecule has 0 aliphatic rings. The summed E-state index contributed by atoms with van der Waals surface area (Å²) in [5.74, 6) is 0. The van der Waals surface area contributed by atoms with Crippen molar-refractivity contribution in [2.24, 2.45) is 0 Å². The van der Waals surface area contributed by atoms with Gasteiger partial charge in [0, 0.05) is 11.2 Å². The highest BCUT2D eigenvalue weighted by Gasteiger charge is 2.15. The summed E-state index contributed by atoms with van der Waals surface area (Å²) < 4.78 is 26.6. The summed E-state index contributed by atoms with van der Waals surface area (Å²) in [7, 11) is -3.72. The Hall–Kier alpha value is -1.63. The van der Waals surface area contributed by atoms with Crippen molar-refractivity contribution in [2.45, 2.75) is 11.5 Å². The van der Waals surface area contributed by atoms with Crippen LogP contribution < -0.4 is 4.72 Å². The molecule has 1 aromatic carbocycles. The molecule has 0 bridgehead atoms. The number of sulfonamides is 1. The van der Waals surface area contributed by atoms with Gasteiger partial charge in [-0.05, 0) is 35.9 Å². The van der Waals surface area contributed by atoms with Crippen molar-refractivity contribution in [1.82, 2.24) is 4.98 Å². The lowest BCUT2D eigenvalue weighted by molar-refractivity contribution is 0.281. The number of halogens is 1. The molecule has 19 heavy (non-hydrogen) atoms. The minimum Gasteiger partial charge on any atom is -0.392 e. The van der Waals surface area contributed by atoms with Gasteiger partial charge in [0.2, 0.25) is 0 Å². The number of aliphatic hydroxyl groups is 1. The van der Waals surface area contributed by atoms with Crippen LogP contribution in [0.1, 0.15) is 5.56 Å². The highest BCUT2D eigenvalue weighted by atomic mass is 35.5. The Morgan fingerprint density at radius 2 is 2.11 bits per heavy atom. The third kappa shape index (κ3) is 3.23. The SMILES string of the molecule is O=S(=O)(Nc1cccnc1)c1ccc(Cl)c(CO)c1. The van der Waals surface area contributed by atoms with Gasteiger partial charge in [0.1, 0.15) is 0 Å². The Morgan fingerprint density at radius 3 is 2.74 bits per heavy atom. The summed E-state index contributed by atoms with van der Waals surface area (Å²) in [5.41, 5.74) is 0.721. The molecule has 0 aliphatic carbocycles. The third-order valence-electron chi connectivity index (χ3n) is 2.41. The van der Waals surface area contributed by atoms with E-state index in [0.717, 1.165) is 0 Å². The van der Waals surface area contributed by atoms with Gasteiger partial charge in [-0.1, -0.05) is 11.6 Å². The lowest BCUT2D eigenvalue weighted by atomic mass is 10.2. The lowest BCUT2D eigenvalue weighted by Gasteiger charge is -2.09. The summed E-state index contributed by atoms with van der Waals surface area (Å²) in [6, 6.07) is 7.36. The maximum atomic E-state index is 12.1. The number of pyridine rings is 1. The van der Waals surface area contributed by atoms with E-state index in [0.29, 0.717) is 16.3 Å². The minimum atomic E-state index is -3.72. The molecule has 0 saturated heterocycles. The lowest BCUT2D eigenvalue weighted by Crippen LogP contribution is -2.13. The van der Waals surface area contributed by atoms with Crippen LogP contribution in [-0.2, 0) is 16.6 Å². The zero-order valence-electron chi connectivity index (χ0n) is 9.75. The highest BCUT2D eigenvalue weighted by molar-refractivity contribution is 7.92. The van der Waals surface area contributed by atoms with E-state index < -0.39 is 10.0 Å². The smallest absolute Gasteiger partial charge is 0.261 e. The fourth-order valence-corrected chi connectivity index (χ4v) is 2.75. The topological polar surface area (TPSA) is 79.3 Å². The molecular weight excluding hydrogens is 288 g/mol. The maximum absolute atomic E-state index is 12.1. The second kappa shape index (κ2) is 5.56. The Balaban J connectivity index is 2.35. The Kier molecular flexibility index (Phi) is 4.04. The van der Waals surface area contributed by atoms with Crippen molar-refractivity contribution in [3.8, 4) is 0 Å². The van der Waals surface area contributed by atoms with Crippen LogP contribution in [0, 0.1) is 0 Å². The molecule has 0 fully saturated rings. The maximum Gasteiger partial charge on any atom is 0.261 e. The molecule has 0 saturated carbocycles. The number of hydrogen-bond acceptors (Lipinski definition) is 4. The second-order valence-electron chi connectivity index (χ2n) is 3.76. The second-order valence-corrected chi connectivity index (χ2v) is 5.85. The predicted octanol–water partition coefficient (Wildman–Crippen LogP) is 2.03. The molecule has 0 radical (unpaired) electrons. The van der Waals surface area contributed by atoms with Gasteiger partial charge in [0.15, 0.2) is 0 Å². The normalized spacial score (nSPS) is 11.3. The summed E-state index contributed by atoms with van der Waals surface area (Å²) in [5, 5.41) is 9.41. The standard InChI is InChI=1S/C12H11ClN2O3S/c13-12-4-3-11(6-9(12)8-16)19(17,18)15-10-2-1-5-14-7-10/h1-7,15-16H,8H2. The molecule has 100 valence electrons. The van der Waals surface area contributed by atoms with Crippen LogP contribution in [0.4, 0.5) is 5.69 Å². The fourth-order valence-electron chi connectivity index (χ4n) is 1.48. The first-order chi connectivity index (χ1) is 9.03. The average Bonchev–Trinajstić information content (AvgIpc) is 2.39. The number of rotatable bonds is 4. The zero-order valence-corrected chi connectivity index (χ0v) is 11.3. The number of hydrogen-bond donors (Lipinski definition) is 2. The van der Waals surface area contributed by atoms with Crippen molar-refractivity contribution >= 4 is 27.3 Å². The average molecular weight is 299 g/mol. The van der Waals surface area contributed by atoms with Gasteiger partial charge < -0.3 is 5.11 Å². The fraction of sp³-hybridized carbons (Fsp3) is 0.0833. The van der Waals surface area contributed by atoms with Crippen LogP contribution in [0.3, 0.4) is 0 Å². The Labute approximate surface area is 115 Å². The molecule has 0 aliphatic heterocycles. The summed E-state index contributed by atoms with van der Waals surface area (Å²) in [6.45, 7) is -0.324. The summed E-state index contributed by atoms with van der Waals surface area (Å²) in [4.78, 5) is 3.85. The number of nitrogens with one attached hydrogen (secondary N) is 1.